The first-order valence-corrected chi connectivity index (χ1v) is 6.71. The number of nitrogens with one attached hydrogen (secondary N) is 1. The molecule has 4 nitrogen and oxygen atoms in total. The van der Waals surface area contributed by atoms with E-state index in [0.717, 1.165) is 22.6 Å². The molecule has 0 unspecified atom stereocenters. The van der Waals surface area contributed by atoms with Crippen LogP contribution in [0.4, 0.5) is 5.69 Å². The lowest BCUT2D eigenvalue weighted by Crippen LogP contribution is -2.00. The van der Waals surface area contributed by atoms with Gasteiger partial charge in [-0.1, -0.05) is 18.2 Å². The van der Waals surface area contributed by atoms with E-state index < -0.39 is 0 Å². The Balaban J connectivity index is 1.66. The molecule has 0 amide bonds. The van der Waals surface area contributed by atoms with E-state index in [2.05, 4.69) is 10.3 Å². The summed E-state index contributed by atoms with van der Waals surface area (Å²) in [5.41, 5.74) is 4.17. The summed E-state index contributed by atoms with van der Waals surface area (Å²) in [4.78, 5) is 4.54. The van der Waals surface area contributed by atoms with Gasteiger partial charge in [-0.3, -0.25) is 0 Å². The van der Waals surface area contributed by atoms with Gasteiger partial charge in [0.1, 0.15) is 5.65 Å². The molecule has 2 N–H and O–H groups in total. The number of aliphatic hydroxyl groups excluding tert-OH is 1. The van der Waals surface area contributed by atoms with Crippen molar-refractivity contribution in [3.8, 4) is 0 Å². The maximum Gasteiger partial charge on any atom is 0.137 e. The van der Waals surface area contributed by atoms with E-state index in [-0.39, 0.29) is 6.61 Å². The maximum absolute atomic E-state index is 8.88. The molecule has 0 bridgehead atoms. The van der Waals surface area contributed by atoms with E-state index in [4.69, 9.17) is 5.11 Å². The van der Waals surface area contributed by atoms with E-state index in [9.17, 15) is 0 Å². The second-order valence-corrected chi connectivity index (χ2v) is 4.72. The Morgan fingerprint density at radius 2 is 1.95 bits per heavy atom. The Bertz CT molecular complexity index is 655. The number of nitrogens with zero attached hydrogens (tertiary/aromatic N) is 2. The molecule has 4 heteroatoms. The molecule has 2 heterocycles. The van der Waals surface area contributed by atoms with Crippen molar-refractivity contribution < 1.29 is 5.11 Å². The summed E-state index contributed by atoms with van der Waals surface area (Å²) in [5, 5.41) is 12.2. The molecule has 0 radical (unpaired) electrons. The van der Waals surface area contributed by atoms with Gasteiger partial charge in [-0.25, -0.2) is 4.98 Å². The average Bonchev–Trinajstić information content (AvgIpc) is 2.90. The highest BCUT2D eigenvalue weighted by Gasteiger charge is 2.00. The summed E-state index contributed by atoms with van der Waals surface area (Å²) in [6.45, 7) is 0.884. The van der Waals surface area contributed by atoms with Gasteiger partial charge in [-0.2, -0.15) is 0 Å². The largest absolute Gasteiger partial charge is 0.396 e. The topological polar surface area (TPSA) is 49.6 Å². The highest BCUT2D eigenvalue weighted by atomic mass is 16.2. The Morgan fingerprint density at radius 3 is 2.70 bits per heavy atom. The minimum Gasteiger partial charge on any atom is -0.396 e. The lowest BCUT2D eigenvalue weighted by molar-refractivity contribution is 0.299. The van der Waals surface area contributed by atoms with Gasteiger partial charge in [0.25, 0.3) is 0 Å². The number of hydrogen-bond donors (Lipinski definition) is 2. The van der Waals surface area contributed by atoms with Crippen LogP contribution in [0.1, 0.15) is 11.3 Å². The SMILES string of the molecule is OCCc1ccc(NCc2cn3ccccc3n2)cc1. The van der Waals surface area contributed by atoms with Crippen LogP contribution < -0.4 is 5.32 Å². The molecule has 3 rings (SSSR count). The summed E-state index contributed by atoms with van der Waals surface area (Å²) in [6, 6.07) is 14.1. The zero-order valence-corrected chi connectivity index (χ0v) is 11.2. The summed E-state index contributed by atoms with van der Waals surface area (Å²) in [7, 11) is 0. The van der Waals surface area contributed by atoms with E-state index in [1.165, 1.54) is 0 Å². The van der Waals surface area contributed by atoms with Crippen LogP contribution in [-0.2, 0) is 13.0 Å². The lowest BCUT2D eigenvalue weighted by atomic mass is 10.1. The van der Waals surface area contributed by atoms with Gasteiger partial charge in [0.05, 0.1) is 12.2 Å². The second kappa shape index (κ2) is 5.75. The number of anilines is 1. The summed E-state index contributed by atoms with van der Waals surface area (Å²) >= 11 is 0. The van der Waals surface area contributed by atoms with E-state index in [1.807, 2.05) is 59.3 Å². The molecule has 0 aliphatic heterocycles. The molecule has 0 aliphatic rings. The average molecular weight is 267 g/mol. The van der Waals surface area contributed by atoms with Crippen molar-refractivity contribution in [1.29, 1.82) is 0 Å². The first-order valence-electron chi connectivity index (χ1n) is 6.71. The molecule has 0 saturated heterocycles. The Hall–Kier alpha value is -2.33. The first kappa shape index (κ1) is 12.7. The quantitative estimate of drug-likeness (QED) is 0.746. The molecule has 1 aromatic carbocycles. The highest BCUT2D eigenvalue weighted by Crippen LogP contribution is 2.12. The summed E-state index contributed by atoms with van der Waals surface area (Å²) in [6.07, 6.45) is 4.73. The molecular weight excluding hydrogens is 250 g/mol. The molecule has 0 atom stereocenters. The van der Waals surface area contributed by atoms with Crippen LogP contribution in [0.15, 0.2) is 54.9 Å². The number of hydrogen-bond acceptors (Lipinski definition) is 3. The van der Waals surface area contributed by atoms with Gasteiger partial charge in [0, 0.05) is 24.7 Å². The maximum atomic E-state index is 8.88. The Morgan fingerprint density at radius 1 is 1.10 bits per heavy atom. The fourth-order valence-electron chi connectivity index (χ4n) is 2.18. The van der Waals surface area contributed by atoms with Crippen molar-refractivity contribution in [2.45, 2.75) is 13.0 Å². The molecular formula is C16H17N3O. The smallest absolute Gasteiger partial charge is 0.137 e. The Kier molecular flexibility index (Phi) is 3.65. The van der Waals surface area contributed by atoms with Crippen molar-refractivity contribution in [2.75, 3.05) is 11.9 Å². The fourth-order valence-corrected chi connectivity index (χ4v) is 2.18. The van der Waals surface area contributed by atoms with E-state index >= 15 is 0 Å². The zero-order chi connectivity index (χ0) is 13.8. The van der Waals surface area contributed by atoms with E-state index in [1.54, 1.807) is 0 Å². The van der Waals surface area contributed by atoms with Crippen LogP contribution >= 0.6 is 0 Å². The third kappa shape index (κ3) is 2.81. The monoisotopic (exact) mass is 267 g/mol. The standard InChI is InChI=1S/C16H17N3O/c20-10-8-13-4-6-14(7-5-13)17-11-15-12-19-9-2-1-3-16(19)18-15/h1-7,9,12,17,20H,8,10-11H2. The van der Waals surface area contributed by atoms with Crippen molar-refractivity contribution in [3.63, 3.8) is 0 Å². The number of aromatic nitrogens is 2. The second-order valence-electron chi connectivity index (χ2n) is 4.72. The van der Waals surface area contributed by atoms with Gasteiger partial charge in [0.2, 0.25) is 0 Å². The van der Waals surface area contributed by atoms with Gasteiger partial charge >= 0.3 is 0 Å². The summed E-state index contributed by atoms with van der Waals surface area (Å²) in [5.74, 6) is 0. The minimum atomic E-state index is 0.189. The predicted molar refractivity (Wildman–Crippen MR) is 79.8 cm³/mol. The van der Waals surface area contributed by atoms with Crippen LogP contribution in [0.25, 0.3) is 5.65 Å². The number of benzene rings is 1. The van der Waals surface area contributed by atoms with Crippen molar-refractivity contribution in [3.05, 3.63) is 66.1 Å². The van der Waals surface area contributed by atoms with E-state index in [0.29, 0.717) is 13.0 Å². The fraction of sp³-hybridized carbons (Fsp3) is 0.188. The Labute approximate surface area is 117 Å². The van der Waals surface area contributed by atoms with Gasteiger partial charge in [-0.05, 0) is 36.2 Å². The van der Waals surface area contributed by atoms with Crippen LogP contribution in [0.5, 0.6) is 0 Å². The zero-order valence-electron chi connectivity index (χ0n) is 11.2. The molecule has 2 aromatic heterocycles. The highest BCUT2D eigenvalue weighted by molar-refractivity contribution is 5.46. The van der Waals surface area contributed by atoms with Crippen LogP contribution in [-0.4, -0.2) is 21.1 Å². The molecule has 102 valence electrons. The first-order chi connectivity index (χ1) is 9.85. The summed E-state index contributed by atoms with van der Waals surface area (Å²) < 4.78 is 2.02. The molecule has 0 fully saturated rings. The normalized spacial score (nSPS) is 10.8. The molecule has 3 aromatic rings. The van der Waals surface area contributed by atoms with Crippen LogP contribution in [0.2, 0.25) is 0 Å². The van der Waals surface area contributed by atoms with Crippen molar-refractivity contribution in [2.24, 2.45) is 0 Å². The third-order valence-electron chi connectivity index (χ3n) is 3.24. The number of pyridine rings is 1. The van der Waals surface area contributed by atoms with Gasteiger partial charge in [0.15, 0.2) is 0 Å². The molecule has 0 aliphatic carbocycles. The third-order valence-corrected chi connectivity index (χ3v) is 3.24. The van der Waals surface area contributed by atoms with Crippen LogP contribution in [0, 0.1) is 0 Å². The molecule has 0 spiro atoms. The lowest BCUT2D eigenvalue weighted by Gasteiger charge is -2.05. The minimum absolute atomic E-state index is 0.189. The van der Waals surface area contributed by atoms with Crippen molar-refractivity contribution >= 4 is 11.3 Å². The molecule has 20 heavy (non-hydrogen) atoms. The number of rotatable bonds is 5. The van der Waals surface area contributed by atoms with Gasteiger partial charge in [-0.15, -0.1) is 0 Å². The number of imidazole rings is 1. The van der Waals surface area contributed by atoms with Crippen LogP contribution in [0.3, 0.4) is 0 Å². The number of aliphatic hydroxyl groups is 1. The van der Waals surface area contributed by atoms with Gasteiger partial charge < -0.3 is 14.8 Å². The molecule has 0 saturated carbocycles. The van der Waals surface area contributed by atoms with Crippen molar-refractivity contribution in [1.82, 2.24) is 9.38 Å². The predicted octanol–water partition coefficient (Wildman–Crippen LogP) is 2.48. The number of fused-ring (bicyclic) bond motifs is 1.